The molecule has 5 aromatic carbocycles. The zero-order chi connectivity index (χ0) is 34.9. The Hall–Kier alpha value is -4.86. The highest BCUT2D eigenvalue weighted by Gasteiger charge is 2.37. The van der Waals surface area contributed by atoms with Gasteiger partial charge in [0.1, 0.15) is 22.4 Å². The number of rotatable bonds is 4. The minimum Gasteiger partial charge on any atom is -0.172 e. The fraction of sp³-hybridized carbons (Fsp3) is 0.136. The van der Waals surface area contributed by atoms with Gasteiger partial charge < -0.3 is 0 Å². The van der Waals surface area contributed by atoms with E-state index in [2.05, 4.69) is 137 Å². The summed E-state index contributed by atoms with van der Waals surface area (Å²) in [4.78, 5) is 4.72. The highest BCUT2D eigenvalue weighted by atomic mass is 32.1. The third kappa shape index (κ3) is 4.17. The van der Waals surface area contributed by atoms with E-state index >= 15 is 0 Å². The van der Waals surface area contributed by atoms with Gasteiger partial charge >= 0.3 is 0 Å². The summed E-state index contributed by atoms with van der Waals surface area (Å²) in [5, 5.41) is 0. The van der Waals surface area contributed by atoms with E-state index in [9.17, 15) is 0 Å². The molecular weight excluding hydrogens is 713 g/mol. The number of fused-ring (bicyclic) bond motifs is 8. The van der Waals surface area contributed by atoms with Crippen LogP contribution >= 0.6 is 34.4 Å². The van der Waals surface area contributed by atoms with Gasteiger partial charge in [-0.15, -0.1) is 22.7 Å². The molecule has 250 valence electrons. The van der Waals surface area contributed by atoms with Gasteiger partial charge in [0.25, 0.3) is 0 Å². The van der Waals surface area contributed by atoms with Gasteiger partial charge in [-0.05, 0) is 92.0 Å². The molecule has 0 fully saturated rings. The second-order valence-electron chi connectivity index (χ2n) is 14.9. The first-order valence-corrected chi connectivity index (χ1v) is 20.5. The van der Waals surface area contributed by atoms with Crippen molar-refractivity contribution in [2.45, 2.75) is 38.5 Å². The lowest BCUT2D eigenvalue weighted by atomic mass is 9.82. The summed E-state index contributed by atoms with van der Waals surface area (Å²) < 4.78 is 19.6. The monoisotopic (exact) mass is 742 g/mol. The first-order valence-electron chi connectivity index (χ1n) is 17.4. The quantitative estimate of drug-likeness (QED) is 0.180. The summed E-state index contributed by atoms with van der Waals surface area (Å²) >= 11 is 6.10. The summed E-state index contributed by atoms with van der Waals surface area (Å²) in [6.07, 6.45) is 0. The van der Waals surface area contributed by atoms with Crippen LogP contribution in [0.1, 0.15) is 49.9 Å². The molecule has 2 aliphatic carbocycles. The number of hydrogen-bond acceptors (Lipinski definition) is 7. The maximum Gasteiger partial charge on any atom is 0.116 e. The van der Waals surface area contributed by atoms with Crippen LogP contribution in [-0.2, 0) is 22.2 Å². The summed E-state index contributed by atoms with van der Waals surface area (Å²) in [6, 6.07) is 40.5. The van der Waals surface area contributed by atoms with Gasteiger partial charge in [-0.3, -0.25) is 0 Å². The van der Waals surface area contributed by atoms with Crippen molar-refractivity contribution >= 4 is 68.2 Å². The second-order valence-corrected chi connectivity index (χ2v) is 18.1. The molecule has 4 heterocycles. The van der Waals surface area contributed by atoms with Crippen LogP contribution in [0.15, 0.2) is 118 Å². The molecule has 0 unspecified atom stereocenters. The average molecular weight is 743 g/mol. The second kappa shape index (κ2) is 10.8. The predicted octanol–water partition coefficient (Wildman–Crippen LogP) is 13.8. The Balaban J connectivity index is 0.984. The Morgan fingerprint density at radius 1 is 0.442 bits per heavy atom. The van der Waals surface area contributed by atoms with Crippen LogP contribution in [0, 0.1) is 0 Å². The molecule has 0 spiro atoms. The summed E-state index contributed by atoms with van der Waals surface area (Å²) in [7, 11) is 0. The molecule has 3 aromatic heterocycles. The molecule has 0 atom stereocenters. The number of aromatic nitrogens is 2. The Morgan fingerprint density at radius 3 is 1.35 bits per heavy atom. The Bertz CT molecular complexity index is 2720. The van der Waals surface area contributed by atoms with Gasteiger partial charge in [0.15, 0.2) is 0 Å². The van der Waals surface area contributed by atoms with Crippen LogP contribution in [0.25, 0.3) is 75.0 Å². The third-order valence-corrected chi connectivity index (χ3v) is 14.7. The van der Waals surface area contributed by atoms with E-state index in [0.717, 1.165) is 43.3 Å². The lowest BCUT2D eigenvalue weighted by molar-refractivity contribution is 0.660. The van der Waals surface area contributed by atoms with Crippen LogP contribution in [0.4, 0.5) is 11.4 Å². The highest BCUT2D eigenvalue weighted by Crippen LogP contribution is 2.56. The molecule has 8 heteroatoms. The number of benzene rings is 5. The Labute approximate surface area is 317 Å². The molecule has 8 aromatic rings. The highest BCUT2D eigenvalue weighted by molar-refractivity contribution is 7.58. The van der Waals surface area contributed by atoms with E-state index in [1.807, 2.05) is 0 Å². The van der Waals surface area contributed by atoms with Crippen molar-refractivity contribution in [2.75, 3.05) is 0 Å². The van der Waals surface area contributed by atoms with E-state index in [1.54, 1.807) is 22.7 Å². The van der Waals surface area contributed by atoms with E-state index in [4.69, 9.17) is 17.5 Å². The minimum atomic E-state index is -0.0423. The summed E-state index contributed by atoms with van der Waals surface area (Å²) in [6.45, 7) is 9.34. The molecule has 0 saturated carbocycles. The van der Waals surface area contributed by atoms with Crippen molar-refractivity contribution < 1.29 is 0 Å². The van der Waals surface area contributed by atoms with Crippen molar-refractivity contribution in [3.8, 4) is 64.0 Å². The SMILES string of the molecule is CC1(C)c2ccccc2-c2ccc(-c3ccc(-c4c5c(c(-c6ccc(-c7ccc8c(c7)C(C)(C)c7ccccc7-8)s6)c6nsnc46)N=S=N5)s3)cc21. The zero-order valence-corrected chi connectivity index (χ0v) is 32.1. The Morgan fingerprint density at radius 2 is 0.865 bits per heavy atom. The molecule has 0 amide bonds. The van der Waals surface area contributed by atoms with Crippen LogP contribution in [0.2, 0.25) is 0 Å². The van der Waals surface area contributed by atoms with Gasteiger partial charge in [-0.2, -0.15) is 17.5 Å². The van der Waals surface area contributed by atoms with Crippen molar-refractivity contribution in [1.29, 1.82) is 0 Å². The van der Waals surface area contributed by atoms with E-state index in [0.29, 0.717) is 0 Å². The smallest absolute Gasteiger partial charge is 0.116 e. The largest absolute Gasteiger partial charge is 0.172 e. The minimum absolute atomic E-state index is 0.0423. The first-order chi connectivity index (χ1) is 25.3. The van der Waals surface area contributed by atoms with Crippen LogP contribution in [0.3, 0.4) is 0 Å². The normalized spacial score (nSPS) is 15.3. The van der Waals surface area contributed by atoms with Crippen LogP contribution in [0.5, 0.6) is 0 Å². The van der Waals surface area contributed by atoms with Crippen LogP contribution < -0.4 is 0 Å². The number of thiophene rings is 2. The summed E-state index contributed by atoms with van der Waals surface area (Å²) in [5.41, 5.74) is 18.9. The van der Waals surface area contributed by atoms with Gasteiger partial charge in [0, 0.05) is 41.5 Å². The van der Waals surface area contributed by atoms with Crippen LogP contribution in [-0.4, -0.2) is 8.75 Å². The van der Waals surface area contributed by atoms with E-state index in [-0.39, 0.29) is 10.8 Å². The molecule has 4 nitrogen and oxygen atoms in total. The molecule has 0 saturated heterocycles. The number of hydrogen-bond donors (Lipinski definition) is 0. The lowest BCUT2D eigenvalue weighted by Crippen LogP contribution is -2.14. The third-order valence-electron chi connectivity index (χ3n) is 11.4. The van der Waals surface area contributed by atoms with Crippen molar-refractivity contribution in [3.05, 3.63) is 131 Å². The zero-order valence-electron chi connectivity index (χ0n) is 28.8. The molecule has 52 heavy (non-hydrogen) atoms. The van der Waals surface area contributed by atoms with Crippen molar-refractivity contribution in [2.24, 2.45) is 8.73 Å². The molecular formula is C44H30N4S4. The molecule has 0 radical (unpaired) electrons. The first kappa shape index (κ1) is 30.7. The van der Waals surface area contributed by atoms with Crippen molar-refractivity contribution in [3.63, 3.8) is 0 Å². The summed E-state index contributed by atoms with van der Waals surface area (Å²) in [5.74, 6) is 0. The molecule has 11 rings (SSSR count). The maximum absolute atomic E-state index is 4.90. The van der Waals surface area contributed by atoms with E-state index < -0.39 is 0 Å². The molecule has 1 aliphatic heterocycles. The molecule has 0 bridgehead atoms. The maximum atomic E-state index is 4.90. The van der Waals surface area contributed by atoms with Gasteiger partial charge in [-0.25, -0.2) is 0 Å². The molecule has 0 N–H and O–H groups in total. The lowest BCUT2D eigenvalue weighted by Gasteiger charge is -2.21. The van der Waals surface area contributed by atoms with Gasteiger partial charge in [0.2, 0.25) is 0 Å². The Kier molecular flexibility index (Phi) is 6.41. The van der Waals surface area contributed by atoms with E-state index in [1.165, 1.54) is 88.5 Å². The topological polar surface area (TPSA) is 50.5 Å². The van der Waals surface area contributed by atoms with Gasteiger partial charge in [0.05, 0.1) is 23.1 Å². The fourth-order valence-corrected chi connectivity index (χ4v) is 11.9. The van der Waals surface area contributed by atoms with Crippen molar-refractivity contribution in [1.82, 2.24) is 8.75 Å². The predicted molar refractivity (Wildman–Crippen MR) is 222 cm³/mol. The fourth-order valence-electron chi connectivity index (χ4n) is 8.69. The molecule has 3 aliphatic rings. The number of nitrogens with zero attached hydrogens (tertiary/aromatic N) is 4. The average Bonchev–Trinajstić information content (AvgIpc) is 4.03. The van der Waals surface area contributed by atoms with Gasteiger partial charge in [-0.1, -0.05) is 100 Å². The standard InChI is InChI=1S/C44H30N4S4/c1-43(2)29-11-7-5-9-25(29)27-15-13-23(21-31(27)43)33-17-19-35(49-33)37-39-41(47-51-45-39)38(42-40(37)46-52-48-42)36-20-18-34(50-36)24-14-16-28-26-10-6-8-12-30(26)44(3,4)32(28)22-24/h5-22H,1-4H3.